The lowest BCUT2D eigenvalue weighted by Gasteiger charge is -2.34. The molecule has 0 amide bonds. The molecule has 1 saturated carbocycles. The van der Waals surface area contributed by atoms with Crippen LogP contribution in [0.3, 0.4) is 0 Å². The maximum Gasteiger partial charge on any atom is 0.324 e. The molecule has 0 aromatic heterocycles. The molecule has 0 spiro atoms. The highest BCUT2D eigenvalue weighted by molar-refractivity contribution is 5.79. The zero-order valence-electron chi connectivity index (χ0n) is 13.9. The van der Waals surface area contributed by atoms with Gasteiger partial charge in [0.25, 0.3) is 0 Å². The number of aliphatic carboxylic acids is 1. The van der Waals surface area contributed by atoms with Crippen LogP contribution in [0, 0.1) is 11.8 Å². The first-order valence-corrected chi connectivity index (χ1v) is 8.72. The minimum atomic E-state index is -0.662. The Morgan fingerprint density at radius 1 is 1.43 bits per heavy atom. The topological polar surface area (TPSA) is 52.6 Å². The van der Waals surface area contributed by atoms with Crippen molar-refractivity contribution in [2.45, 2.75) is 70.9 Å². The van der Waals surface area contributed by atoms with Crippen LogP contribution in [0.5, 0.6) is 0 Å². The third-order valence-corrected chi connectivity index (χ3v) is 5.57. The van der Waals surface area contributed by atoms with Gasteiger partial charge in [-0.05, 0) is 64.0 Å². The average Bonchev–Trinajstić information content (AvgIpc) is 2.98. The van der Waals surface area contributed by atoms with Crippen LogP contribution in [0.15, 0.2) is 0 Å². The quantitative estimate of drug-likeness (QED) is 0.758. The van der Waals surface area contributed by atoms with Crippen LogP contribution >= 0.6 is 0 Å². The van der Waals surface area contributed by atoms with Crippen LogP contribution < -0.4 is 5.32 Å². The minimum Gasteiger partial charge on any atom is -0.480 e. The van der Waals surface area contributed by atoms with E-state index in [9.17, 15) is 9.90 Å². The zero-order valence-corrected chi connectivity index (χ0v) is 13.9. The molecule has 1 saturated heterocycles. The molecule has 2 fully saturated rings. The van der Waals surface area contributed by atoms with Crippen molar-refractivity contribution in [3.63, 3.8) is 0 Å². The summed E-state index contributed by atoms with van der Waals surface area (Å²) >= 11 is 0. The smallest absolute Gasteiger partial charge is 0.324 e. The molecule has 122 valence electrons. The van der Waals surface area contributed by atoms with E-state index in [2.05, 4.69) is 31.0 Å². The summed E-state index contributed by atoms with van der Waals surface area (Å²) < 4.78 is 0. The van der Waals surface area contributed by atoms with E-state index in [1.807, 2.05) is 0 Å². The predicted octanol–water partition coefficient (Wildman–Crippen LogP) is 2.73. The second kappa shape index (κ2) is 7.10. The maximum atomic E-state index is 11.9. The summed E-state index contributed by atoms with van der Waals surface area (Å²) in [5.74, 6) is 0.428. The molecule has 4 nitrogen and oxygen atoms in total. The number of carboxylic acids is 1. The van der Waals surface area contributed by atoms with Crippen molar-refractivity contribution < 1.29 is 9.90 Å². The van der Waals surface area contributed by atoms with Crippen LogP contribution in [0.1, 0.15) is 59.3 Å². The number of nitrogens with one attached hydrogen (secondary N) is 1. The third kappa shape index (κ3) is 3.59. The molecular formula is C17H32N2O2. The second-order valence-electron chi connectivity index (χ2n) is 7.27. The summed E-state index contributed by atoms with van der Waals surface area (Å²) in [7, 11) is 0. The van der Waals surface area contributed by atoms with Crippen LogP contribution in [0.2, 0.25) is 0 Å². The van der Waals surface area contributed by atoms with Gasteiger partial charge in [-0.1, -0.05) is 20.3 Å². The van der Waals surface area contributed by atoms with Gasteiger partial charge in [0.1, 0.15) is 5.54 Å². The van der Waals surface area contributed by atoms with Gasteiger partial charge in [0.2, 0.25) is 0 Å². The van der Waals surface area contributed by atoms with Crippen molar-refractivity contribution in [3.05, 3.63) is 0 Å². The number of hydrogen-bond donors (Lipinski definition) is 2. The van der Waals surface area contributed by atoms with E-state index in [0.717, 1.165) is 51.1 Å². The van der Waals surface area contributed by atoms with Gasteiger partial charge in [0.15, 0.2) is 0 Å². The van der Waals surface area contributed by atoms with Crippen molar-refractivity contribution >= 4 is 5.97 Å². The summed E-state index contributed by atoms with van der Waals surface area (Å²) in [5, 5.41) is 13.1. The van der Waals surface area contributed by atoms with Crippen molar-refractivity contribution in [2.24, 2.45) is 11.8 Å². The minimum absolute atomic E-state index is 0.282. The van der Waals surface area contributed by atoms with Gasteiger partial charge in [-0.25, -0.2) is 0 Å². The van der Waals surface area contributed by atoms with Gasteiger partial charge in [0, 0.05) is 12.6 Å². The lowest BCUT2D eigenvalue weighted by atomic mass is 9.84. The number of carbonyl (C=O) groups is 1. The molecule has 4 heteroatoms. The Bertz CT molecular complexity index is 361. The fourth-order valence-electron chi connectivity index (χ4n) is 4.43. The summed E-state index contributed by atoms with van der Waals surface area (Å²) in [6, 6.07) is 0.657. The van der Waals surface area contributed by atoms with Crippen LogP contribution in [0.4, 0.5) is 0 Å². The Morgan fingerprint density at radius 3 is 2.76 bits per heavy atom. The van der Waals surface area contributed by atoms with E-state index in [4.69, 9.17) is 0 Å². The first kappa shape index (κ1) is 16.8. The van der Waals surface area contributed by atoms with Crippen LogP contribution in [0.25, 0.3) is 0 Å². The van der Waals surface area contributed by atoms with Crippen molar-refractivity contribution in [3.8, 4) is 0 Å². The summed E-state index contributed by atoms with van der Waals surface area (Å²) in [6.45, 7) is 9.75. The fourth-order valence-corrected chi connectivity index (χ4v) is 4.43. The Kier molecular flexibility index (Phi) is 5.67. The molecule has 2 rings (SSSR count). The highest BCUT2D eigenvalue weighted by Gasteiger charge is 2.48. The molecule has 2 N–H and O–H groups in total. The first-order chi connectivity index (χ1) is 9.99. The van der Waals surface area contributed by atoms with Crippen molar-refractivity contribution in [1.29, 1.82) is 0 Å². The van der Waals surface area contributed by atoms with Gasteiger partial charge in [-0.2, -0.15) is 0 Å². The van der Waals surface area contributed by atoms with Crippen LogP contribution in [-0.4, -0.2) is 47.2 Å². The summed E-state index contributed by atoms with van der Waals surface area (Å²) in [4.78, 5) is 14.4. The molecule has 1 heterocycles. The number of likely N-dealkylation sites (tertiary alicyclic amines) is 1. The van der Waals surface area contributed by atoms with E-state index >= 15 is 0 Å². The summed E-state index contributed by atoms with van der Waals surface area (Å²) in [5.41, 5.74) is -0.662. The number of carboxylic acid groups (broad SMARTS) is 1. The van der Waals surface area contributed by atoms with Gasteiger partial charge in [-0.15, -0.1) is 0 Å². The van der Waals surface area contributed by atoms with Gasteiger partial charge in [0.05, 0.1) is 0 Å². The molecule has 1 aliphatic heterocycles. The lowest BCUT2D eigenvalue weighted by Crippen LogP contribution is -2.55. The van der Waals surface area contributed by atoms with Crippen molar-refractivity contribution in [1.82, 2.24) is 10.2 Å². The molecule has 0 aromatic rings. The molecule has 0 bridgehead atoms. The average molecular weight is 296 g/mol. The van der Waals surface area contributed by atoms with E-state index < -0.39 is 11.5 Å². The highest BCUT2D eigenvalue weighted by Crippen LogP contribution is 2.39. The van der Waals surface area contributed by atoms with E-state index in [1.165, 1.54) is 13.0 Å². The normalized spacial score (nSPS) is 37.2. The molecule has 4 unspecified atom stereocenters. The molecule has 21 heavy (non-hydrogen) atoms. The van der Waals surface area contributed by atoms with E-state index in [0.29, 0.717) is 6.04 Å². The monoisotopic (exact) mass is 296 g/mol. The Labute approximate surface area is 129 Å². The standard InChI is InChI=1S/C17H32N2O2/c1-4-9-18-17(16(20)21)8-5-6-15(17)7-10-19-12-13(2)11-14(19)3/h13-15,18H,4-12H2,1-3H3,(H,20,21). The fraction of sp³-hybridized carbons (Fsp3) is 0.941. The number of rotatable bonds is 7. The lowest BCUT2D eigenvalue weighted by molar-refractivity contribution is -0.146. The predicted molar refractivity (Wildman–Crippen MR) is 85.4 cm³/mol. The van der Waals surface area contributed by atoms with Gasteiger partial charge >= 0.3 is 5.97 Å². The van der Waals surface area contributed by atoms with E-state index in [1.54, 1.807) is 0 Å². The number of hydrogen-bond acceptors (Lipinski definition) is 3. The first-order valence-electron chi connectivity index (χ1n) is 8.72. The van der Waals surface area contributed by atoms with Gasteiger partial charge < -0.3 is 15.3 Å². The molecule has 0 radical (unpaired) electrons. The number of nitrogens with zero attached hydrogens (tertiary/aromatic N) is 1. The zero-order chi connectivity index (χ0) is 15.5. The summed E-state index contributed by atoms with van der Waals surface area (Å²) in [6.07, 6.45) is 6.17. The molecule has 2 aliphatic rings. The van der Waals surface area contributed by atoms with Crippen molar-refractivity contribution in [2.75, 3.05) is 19.6 Å². The van der Waals surface area contributed by atoms with Crippen LogP contribution in [-0.2, 0) is 4.79 Å². The SMILES string of the molecule is CCCNC1(C(=O)O)CCCC1CCN1CC(C)CC1C. The van der Waals surface area contributed by atoms with E-state index in [-0.39, 0.29) is 5.92 Å². The molecule has 0 aromatic carbocycles. The largest absolute Gasteiger partial charge is 0.480 e. The Balaban J connectivity index is 1.95. The Hall–Kier alpha value is -0.610. The maximum absolute atomic E-state index is 11.9. The third-order valence-electron chi connectivity index (χ3n) is 5.57. The molecular weight excluding hydrogens is 264 g/mol. The Morgan fingerprint density at radius 2 is 2.19 bits per heavy atom. The highest BCUT2D eigenvalue weighted by atomic mass is 16.4. The van der Waals surface area contributed by atoms with Gasteiger partial charge in [-0.3, -0.25) is 4.79 Å². The molecule has 1 aliphatic carbocycles. The molecule has 4 atom stereocenters. The second-order valence-corrected chi connectivity index (χ2v) is 7.27.